The number of alkyl halides is 6. The highest BCUT2D eigenvalue weighted by molar-refractivity contribution is 9.10. The fraction of sp³-hybridized carbons (Fsp3) is 0.182. The molecule has 1 unspecified atom stereocenters. The molecule has 0 fully saturated rings. The van der Waals surface area contributed by atoms with Crippen LogP contribution in [0.1, 0.15) is 0 Å². The van der Waals surface area contributed by atoms with E-state index in [0.29, 0.717) is 0 Å². The molecule has 4 nitrogen and oxygen atoms in total. The number of hydrogen-bond acceptors (Lipinski definition) is 3. The summed E-state index contributed by atoms with van der Waals surface area (Å²) in [6.07, 6.45) is -2.65. The molecule has 0 aliphatic heterocycles. The number of ether oxygens (including phenoxy) is 1. The van der Waals surface area contributed by atoms with Gasteiger partial charge in [-0.15, -0.1) is 13.2 Å². The highest BCUT2D eigenvalue weighted by atomic mass is 79.9. The Morgan fingerprint density at radius 1 is 1.25 bits per heavy atom. The highest BCUT2D eigenvalue weighted by Crippen LogP contribution is 2.36. The van der Waals surface area contributed by atoms with Crippen molar-refractivity contribution in [3.63, 3.8) is 0 Å². The topological polar surface area (TPSA) is 44.1 Å². The summed E-state index contributed by atoms with van der Waals surface area (Å²) in [5, 5.41) is -0.428. The predicted octanol–water partition coefficient (Wildman–Crippen LogP) is 5.35. The van der Waals surface area contributed by atoms with Gasteiger partial charge in [-0.25, -0.2) is 9.19 Å². The Morgan fingerprint density at radius 3 is 2.38 bits per heavy atom. The third-order valence-electron chi connectivity index (χ3n) is 2.44. The van der Waals surface area contributed by atoms with Crippen LogP contribution in [0.2, 0.25) is 5.02 Å². The molecule has 1 atom stereocenters. The monoisotopic (exact) mass is 488 g/mol. The Labute approximate surface area is 158 Å². The third kappa shape index (κ3) is 4.75. The van der Waals surface area contributed by atoms with Crippen molar-refractivity contribution in [1.82, 2.24) is 9.55 Å². The van der Waals surface area contributed by atoms with Crippen molar-refractivity contribution < 1.29 is 26.5 Å². The molecule has 0 spiro atoms. The Hall–Kier alpha value is -0.550. The summed E-state index contributed by atoms with van der Waals surface area (Å²) in [4.78, 5) is 3.69. The van der Waals surface area contributed by atoms with Crippen molar-refractivity contribution in [3.8, 4) is 11.4 Å². The first-order chi connectivity index (χ1) is 10.9. The van der Waals surface area contributed by atoms with Crippen LogP contribution in [-0.2, 0) is 10.8 Å². The SMILES string of the molecule is O=S(c1cn(-c2c(Cl)cc(OC(F)(F)F)cc2Br)cn1)C(F)(Cl)Cl. The van der Waals surface area contributed by atoms with Crippen LogP contribution in [0, 0.1) is 0 Å². The highest BCUT2D eigenvalue weighted by Gasteiger charge is 2.34. The fourth-order valence-corrected chi connectivity index (χ4v) is 3.75. The summed E-state index contributed by atoms with van der Waals surface area (Å²) in [6.45, 7) is 0. The van der Waals surface area contributed by atoms with Gasteiger partial charge in [0.25, 0.3) is 0 Å². The number of hydrogen-bond donors (Lipinski definition) is 0. The van der Waals surface area contributed by atoms with E-state index in [1.54, 1.807) is 0 Å². The lowest BCUT2D eigenvalue weighted by atomic mass is 10.3. The molecule has 13 heteroatoms. The fourth-order valence-electron chi connectivity index (χ4n) is 1.62. The molecule has 0 saturated carbocycles. The first-order valence-corrected chi connectivity index (χ1v) is 8.74. The lowest BCUT2D eigenvalue weighted by Crippen LogP contribution is -2.17. The van der Waals surface area contributed by atoms with Crippen LogP contribution in [-0.4, -0.2) is 24.0 Å². The quantitative estimate of drug-likeness (QED) is 0.429. The standard InChI is InChI=1S/C11H4BrCl3F4N2O2S/c12-6-1-5(23-11(17,18)19)2-7(13)9(6)21-3-8(20-4-21)24(22)10(14,15)16/h1-4H. The molecule has 0 radical (unpaired) electrons. The smallest absolute Gasteiger partial charge is 0.406 e. The normalized spacial score (nSPS) is 13.8. The minimum Gasteiger partial charge on any atom is -0.406 e. The molecule has 24 heavy (non-hydrogen) atoms. The van der Waals surface area contributed by atoms with Gasteiger partial charge in [0, 0.05) is 16.7 Å². The van der Waals surface area contributed by atoms with Crippen molar-refractivity contribution in [1.29, 1.82) is 0 Å². The molecule has 0 aliphatic rings. The molecule has 1 aromatic heterocycles. The summed E-state index contributed by atoms with van der Waals surface area (Å²) in [5.74, 6) is -0.545. The first kappa shape index (κ1) is 19.8. The van der Waals surface area contributed by atoms with Crippen LogP contribution in [0.25, 0.3) is 5.69 Å². The van der Waals surface area contributed by atoms with Gasteiger partial charge in [0.05, 0.1) is 10.7 Å². The van der Waals surface area contributed by atoms with E-state index in [0.717, 1.165) is 24.7 Å². The van der Waals surface area contributed by atoms with Crippen molar-refractivity contribution in [2.45, 2.75) is 15.3 Å². The second-order valence-electron chi connectivity index (χ2n) is 4.12. The summed E-state index contributed by atoms with van der Waals surface area (Å²) in [5.41, 5.74) is 0.163. The Kier molecular flexibility index (Phi) is 5.76. The summed E-state index contributed by atoms with van der Waals surface area (Å²) < 4.78 is 63.7. The number of halogens is 8. The molecule has 1 aromatic carbocycles. The van der Waals surface area contributed by atoms with E-state index in [4.69, 9.17) is 34.8 Å². The van der Waals surface area contributed by atoms with Crippen LogP contribution in [0.5, 0.6) is 5.75 Å². The largest absolute Gasteiger partial charge is 0.573 e. The maximum atomic E-state index is 13.3. The molecule has 1 heterocycles. The maximum absolute atomic E-state index is 13.3. The summed E-state index contributed by atoms with van der Waals surface area (Å²) >= 11 is 19.2. The number of rotatable bonds is 4. The maximum Gasteiger partial charge on any atom is 0.573 e. The van der Waals surface area contributed by atoms with E-state index < -0.39 is 26.8 Å². The third-order valence-corrected chi connectivity index (χ3v) is 5.19. The van der Waals surface area contributed by atoms with Crippen molar-refractivity contribution in [2.75, 3.05) is 0 Å². The molecular weight excluding hydrogens is 486 g/mol. The number of imidazole rings is 1. The second kappa shape index (κ2) is 6.99. The number of benzene rings is 1. The van der Waals surface area contributed by atoms with Gasteiger partial charge in [-0.2, -0.15) is 4.39 Å². The molecular formula is C11H4BrCl3F4N2O2S. The minimum atomic E-state index is -4.88. The predicted molar refractivity (Wildman–Crippen MR) is 84.9 cm³/mol. The number of nitrogens with zero attached hydrogens (tertiary/aromatic N) is 2. The lowest BCUT2D eigenvalue weighted by Gasteiger charge is -2.13. The zero-order valence-corrected chi connectivity index (χ0v) is 15.6. The van der Waals surface area contributed by atoms with Gasteiger partial charge >= 0.3 is 10.3 Å². The van der Waals surface area contributed by atoms with E-state index in [1.807, 2.05) is 0 Å². The van der Waals surface area contributed by atoms with Gasteiger partial charge in [0.1, 0.15) is 22.9 Å². The van der Waals surface area contributed by atoms with Crippen LogP contribution in [0.3, 0.4) is 0 Å². The van der Waals surface area contributed by atoms with Gasteiger partial charge in [0.15, 0.2) is 5.03 Å². The van der Waals surface area contributed by atoms with Crippen molar-refractivity contribution >= 4 is 61.5 Å². The Morgan fingerprint density at radius 2 is 1.88 bits per heavy atom. The first-order valence-electron chi connectivity index (χ1n) is 5.66. The van der Waals surface area contributed by atoms with E-state index in [9.17, 15) is 21.8 Å². The van der Waals surface area contributed by atoms with E-state index in [-0.39, 0.29) is 20.2 Å². The van der Waals surface area contributed by atoms with Crippen LogP contribution in [0.4, 0.5) is 17.6 Å². The molecule has 0 amide bonds. The summed E-state index contributed by atoms with van der Waals surface area (Å²) in [7, 11) is -2.48. The molecule has 2 aromatic rings. The van der Waals surface area contributed by atoms with E-state index in [1.165, 1.54) is 4.57 Å². The molecule has 0 saturated heterocycles. The minimum absolute atomic E-state index is 0.118. The molecule has 2 rings (SSSR count). The molecule has 0 N–H and O–H groups in total. The van der Waals surface area contributed by atoms with Crippen LogP contribution < -0.4 is 4.74 Å². The molecule has 0 aliphatic carbocycles. The Balaban J connectivity index is 2.40. The zero-order chi connectivity index (χ0) is 18.3. The van der Waals surface area contributed by atoms with Crippen molar-refractivity contribution in [3.05, 3.63) is 34.2 Å². The van der Waals surface area contributed by atoms with Gasteiger partial charge in [-0.05, 0) is 22.0 Å². The molecule has 132 valence electrons. The van der Waals surface area contributed by atoms with Crippen LogP contribution >= 0.6 is 50.7 Å². The lowest BCUT2D eigenvalue weighted by molar-refractivity contribution is -0.274. The van der Waals surface area contributed by atoms with Gasteiger partial charge in [-0.1, -0.05) is 34.8 Å². The van der Waals surface area contributed by atoms with Crippen LogP contribution in [0.15, 0.2) is 34.2 Å². The average molecular weight is 490 g/mol. The summed E-state index contributed by atoms with van der Waals surface area (Å²) in [6, 6.07) is 1.95. The van der Waals surface area contributed by atoms with Gasteiger partial charge in [-0.3, -0.25) is 0 Å². The Bertz CT molecular complexity index is 771. The molecule has 0 bridgehead atoms. The van der Waals surface area contributed by atoms with Crippen molar-refractivity contribution in [2.24, 2.45) is 0 Å². The van der Waals surface area contributed by atoms with Gasteiger partial charge < -0.3 is 9.30 Å². The van der Waals surface area contributed by atoms with E-state index >= 15 is 0 Å². The average Bonchev–Trinajstić information content (AvgIpc) is 2.82. The zero-order valence-electron chi connectivity index (χ0n) is 11.0. The second-order valence-corrected chi connectivity index (χ2v) is 8.58. The van der Waals surface area contributed by atoms with Gasteiger partial charge in [0.2, 0.25) is 0 Å². The van der Waals surface area contributed by atoms with E-state index in [2.05, 4.69) is 25.7 Å². The number of aromatic nitrogens is 2.